The van der Waals surface area contributed by atoms with Crippen LogP contribution >= 0.6 is 15.9 Å². The van der Waals surface area contributed by atoms with Crippen LogP contribution < -0.4 is 5.73 Å². The number of nitrogen functional groups attached to an aromatic ring is 1. The van der Waals surface area contributed by atoms with E-state index in [2.05, 4.69) is 15.9 Å². The second-order valence-corrected chi connectivity index (χ2v) is 8.67. The lowest BCUT2D eigenvalue weighted by Crippen LogP contribution is -2.37. The van der Waals surface area contributed by atoms with Gasteiger partial charge in [0, 0.05) is 13.1 Å². The van der Waals surface area contributed by atoms with Crippen LogP contribution in [0.15, 0.2) is 21.5 Å². The quantitative estimate of drug-likeness (QED) is 0.768. The minimum Gasteiger partial charge on any atom is -0.398 e. The Balaban J connectivity index is 3.31. The van der Waals surface area contributed by atoms with E-state index < -0.39 is 15.8 Å². The molecule has 4 nitrogen and oxygen atoms in total. The van der Waals surface area contributed by atoms with Gasteiger partial charge in [-0.25, -0.2) is 12.8 Å². The molecule has 0 aliphatic carbocycles. The summed E-state index contributed by atoms with van der Waals surface area (Å²) in [6, 6.07) is 2.26. The molecule has 0 spiro atoms. The van der Waals surface area contributed by atoms with Crippen LogP contribution in [0.4, 0.5) is 10.1 Å². The van der Waals surface area contributed by atoms with Crippen molar-refractivity contribution in [2.24, 2.45) is 11.8 Å². The van der Waals surface area contributed by atoms with Gasteiger partial charge in [0.25, 0.3) is 0 Å². The van der Waals surface area contributed by atoms with E-state index in [1.54, 1.807) is 0 Å². The molecule has 21 heavy (non-hydrogen) atoms. The summed E-state index contributed by atoms with van der Waals surface area (Å²) in [7, 11) is -3.75. The van der Waals surface area contributed by atoms with Gasteiger partial charge in [-0.2, -0.15) is 4.31 Å². The van der Waals surface area contributed by atoms with Crippen LogP contribution in [0, 0.1) is 17.7 Å². The number of nitrogens with zero attached hydrogens (tertiary/aromatic N) is 1. The first kappa shape index (κ1) is 18.4. The lowest BCUT2D eigenvalue weighted by molar-refractivity contribution is 0.333. The molecule has 120 valence electrons. The molecule has 7 heteroatoms. The third-order valence-corrected chi connectivity index (χ3v) is 5.30. The highest BCUT2D eigenvalue weighted by Gasteiger charge is 2.28. The molecule has 0 radical (unpaired) electrons. The van der Waals surface area contributed by atoms with Gasteiger partial charge in [0.05, 0.1) is 10.2 Å². The molecule has 0 atom stereocenters. The molecule has 1 aromatic rings. The molecule has 0 saturated heterocycles. The van der Waals surface area contributed by atoms with Gasteiger partial charge in [0.1, 0.15) is 10.7 Å². The van der Waals surface area contributed by atoms with Gasteiger partial charge in [-0.05, 0) is 39.9 Å². The maximum atomic E-state index is 13.4. The van der Waals surface area contributed by atoms with Crippen LogP contribution in [0.1, 0.15) is 27.7 Å². The first-order chi connectivity index (χ1) is 9.55. The standard InChI is InChI=1S/C14H22BrFN2O2S/c1-9(2)7-18(8-10(3)4)21(19,20)14-5-11(15)12(16)6-13(14)17/h5-6,9-10H,7-8,17H2,1-4H3. The minimum atomic E-state index is -3.75. The Labute approximate surface area is 134 Å². The third kappa shape index (κ3) is 4.66. The highest BCUT2D eigenvalue weighted by Crippen LogP contribution is 2.29. The van der Waals surface area contributed by atoms with Crippen LogP contribution in [-0.2, 0) is 10.0 Å². The number of anilines is 1. The van der Waals surface area contributed by atoms with Crippen molar-refractivity contribution in [1.82, 2.24) is 4.31 Å². The molecule has 0 saturated carbocycles. The lowest BCUT2D eigenvalue weighted by atomic mass is 10.2. The van der Waals surface area contributed by atoms with E-state index in [4.69, 9.17) is 5.73 Å². The van der Waals surface area contributed by atoms with Crippen molar-refractivity contribution >= 4 is 31.6 Å². The van der Waals surface area contributed by atoms with Crippen LogP contribution in [0.2, 0.25) is 0 Å². The second kappa shape index (κ2) is 7.07. The Morgan fingerprint density at radius 1 is 1.19 bits per heavy atom. The molecule has 1 aromatic carbocycles. The zero-order valence-electron chi connectivity index (χ0n) is 12.7. The Morgan fingerprint density at radius 3 is 2.10 bits per heavy atom. The number of nitrogens with two attached hydrogens (primary N) is 1. The van der Waals surface area contributed by atoms with Crippen LogP contribution in [0.3, 0.4) is 0 Å². The number of benzene rings is 1. The molecule has 0 unspecified atom stereocenters. The van der Waals surface area contributed by atoms with Gasteiger partial charge in [0.15, 0.2) is 0 Å². The number of hydrogen-bond donors (Lipinski definition) is 1. The highest BCUT2D eigenvalue weighted by molar-refractivity contribution is 9.10. The average molecular weight is 381 g/mol. The van der Waals surface area contributed by atoms with Crippen molar-refractivity contribution in [3.05, 3.63) is 22.4 Å². The fourth-order valence-electron chi connectivity index (χ4n) is 1.99. The fourth-order valence-corrected chi connectivity index (χ4v) is 4.38. The number of halogens is 2. The van der Waals surface area contributed by atoms with E-state index >= 15 is 0 Å². The predicted molar refractivity (Wildman–Crippen MR) is 86.9 cm³/mol. The van der Waals surface area contributed by atoms with Crippen LogP contribution in [0.5, 0.6) is 0 Å². The van der Waals surface area contributed by atoms with Gasteiger partial charge < -0.3 is 5.73 Å². The van der Waals surface area contributed by atoms with Gasteiger partial charge in [-0.15, -0.1) is 0 Å². The molecule has 0 aromatic heterocycles. The van der Waals surface area contributed by atoms with Gasteiger partial charge >= 0.3 is 0 Å². The summed E-state index contributed by atoms with van der Waals surface area (Å²) in [5, 5.41) is 0. The second-order valence-electron chi connectivity index (χ2n) is 5.91. The Morgan fingerprint density at radius 2 is 1.67 bits per heavy atom. The summed E-state index contributed by atoms with van der Waals surface area (Å²) >= 11 is 3.01. The zero-order valence-corrected chi connectivity index (χ0v) is 15.1. The number of sulfonamides is 1. The molecule has 0 heterocycles. The predicted octanol–water partition coefficient (Wildman–Crippen LogP) is 3.47. The zero-order chi connectivity index (χ0) is 16.4. The SMILES string of the molecule is CC(C)CN(CC(C)C)S(=O)(=O)c1cc(Br)c(F)cc1N. The number of rotatable bonds is 6. The van der Waals surface area contributed by atoms with E-state index in [0.717, 1.165) is 6.07 Å². The third-order valence-electron chi connectivity index (χ3n) is 2.81. The first-order valence-electron chi connectivity index (χ1n) is 6.80. The molecule has 0 aliphatic heterocycles. The van der Waals surface area contributed by atoms with Crippen molar-refractivity contribution in [2.45, 2.75) is 32.6 Å². The first-order valence-corrected chi connectivity index (χ1v) is 9.03. The van der Waals surface area contributed by atoms with Gasteiger partial charge in [-0.3, -0.25) is 0 Å². The summed E-state index contributed by atoms with van der Waals surface area (Å²) in [5.41, 5.74) is 5.63. The van der Waals surface area contributed by atoms with Gasteiger partial charge in [-0.1, -0.05) is 27.7 Å². The van der Waals surface area contributed by atoms with E-state index in [1.165, 1.54) is 10.4 Å². The van der Waals surface area contributed by atoms with Crippen LogP contribution in [-0.4, -0.2) is 25.8 Å². The molecule has 2 N–H and O–H groups in total. The van der Waals surface area contributed by atoms with E-state index in [9.17, 15) is 12.8 Å². The minimum absolute atomic E-state index is 0.0583. The molecule has 1 rings (SSSR count). The summed E-state index contributed by atoms with van der Waals surface area (Å²) < 4.78 is 40.5. The molecular formula is C14H22BrFN2O2S. The van der Waals surface area contributed by atoms with E-state index in [0.29, 0.717) is 13.1 Å². The molecule has 0 aliphatic rings. The Hall–Kier alpha value is -0.660. The summed E-state index contributed by atoms with van der Waals surface area (Å²) in [5.74, 6) is -0.210. The fraction of sp³-hybridized carbons (Fsp3) is 0.571. The van der Waals surface area contributed by atoms with Crippen molar-refractivity contribution in [2.75, 3.05) is 18.8 Å². The summed E-state index contributed by atoms with van der Waals surface area (Å²) in [4.78, 5) is -0.0583. The molecular weight excluding hydrogens is 359 g/mol. The largest absolute Gasteiger partial charge is 0.398 e. The van der Waals surface area contributed by atoms with Crippen LogP contribution in [0.25, 0.3) is 0 Å². The molecule has 0 bridgehead atoms. The lowest BCUT2D eigenvalue weighted by Gasteiger charge is -2.26. The Kier molecular flexibility index (Phi) is 6.19. The average Bonchev–Trinajstić information content (AvgIpc) is 2.31. The van der Waals surface area contributed by atoms with E-state index in [-0.39, 0.29) is 26.9 Å². The monoisotopic (exact) mass is 380 g/mol. The summed E-state index contributed by atoms with van der Waals surface area (Å²) in [6.45, 7) is 8.60. The normalized spacial score (nSPS) is 12.6. The molecule has 0 amide bonds. The highest BCUT2D eigenvalue weighted by atomic mass is 79.9. The smallest absolute Gasteiger partial charge is 0.245 e. The van der Waals surface area contributed by atoms with Crippen molar-refractivity contribution in [3.63, 3.8) is 0 Å². The Bertz CT molecular complexity index is 593. The number of hydrogen-bond acceptors (Lipinski definition) is 3. The van der Waals surface area contributed by atoms with Gasteiger partial charge in [0.2, 0.25) is 10.0 Å². The van der Waals surface area contributed by atoms with E-state index in [1.807, 2.05) is 27.7 Å². The van der Waals surface area contributed by atoms with Crippen molar-refractivity contribution in [1.29, 1.82) is 0 Å². The van der Waals surface area contributed by atoms with Crippen molar-refractivity contribution < 1.29 is 12.8 Å². The maximum absolute atomic E-state index is 13.4. The maximum Gasteiger partial charge on any atom is 0.245 e. The van der Waals surface area contributed by atoms with Crippen molar-refractivity contribution in [3.8, 4) is 0 Å². The molecule has 0 fully saturated rings. The summed E-state index contributed by atoms with van der Waals surface area (Å²) in [6.07, 6.45) is 0. The topological polar surface area (TPSA) is 63.4 Å².